The van der Waals surface area contributed by atoms with E-state index >= 15 is 0 Å². The van der Waals surface area contributed by atoms with E-state index in [4.69, 9.17) is 5.73 Å². The van der Waals surface area contributed by atoms with Crippen molar-refractivity contribution < 1.29 is 4.79 Å². The van der Waals surface area contributed by atoms with E-state index in [1.165, 1.54) is 0 Å². The summed E-state index contributed by atoms with van der Waals surface area (Å²) in [6, 6.07) is 6.05. The minimum Gasteiger partial charge on any atom is -0.349 e. The Hall–Kier alpha value is -1.88. The molecule has 5 heteroatoms. The van der Waals surface area contributed by atoms with Gasteiger partial charge in [0.2, 0.25) is 5.91 Å². The number of H-pyrrole nitrogens is 1. The first-order valence-electron chi connectivity index (χ1n) is 7.99. The number of carbonyl (C=O) groups excluding carboxylic acids is 1. The Balaban J connectivity index is 1.99. The Labute approximate surface area is 131 Å². The lowest BCUT2D eigenvalue weighted by Crippen LogP contribution is -2.52. The second-order valence-corrected chi connectivity index (χ2v) is 5.89. The van der Waals surface area contributed by atoms with E-state index < -0.39 is 0 Å². The maximum atomic E-state index is 12.2. The van der Waals surface area contributed by atoms with Crippen LogP contribution >= 0.6 is 0 Å². The zero-order valence-corrected chi connectivity index (χ0v) is 13.7. The van der Waals surface area contributed by atoms with Crippen molar-refractivity contribution in [2.24, 2.45) is 5.73 Å². The SMILES string of the molecule is CCC(CC)(CN)NC(=O)CCc1nc2c(C)cccc2[nH]1. The number of fused-ring (bicyclic) bond motifs is 1. The summed E-state index contributed by atoms with van der Waals surface area (Å²) in [4.78, 5) is 20.0. The fraction of sp³-hybridized carbons (Fsp3) is 0.529. The Morgan fingerprint density at radius 3 is 2.68 bits per heavy atom. The average molecular weight is 302 g/mol. The molecule has 0 saturated carbocycles. The Morgan fingerprint density at radius 1 is 1.36 bits per heavy atom. The van der Waals surface area contributed by atoms with Gasteiger partial charge in [-0.1, -0.05) is 26.0 Å². The molecule has 0 aliphatic heterocycles. The Bertz CT molecular complexity index is 635. The molecule has 1 heterocycles. The lowest BCUT2D eigenvalue weighted by Gasteiger charge is -2.31. The molecule has 1 amide bonds. The molecule has 22 heavy (non-hydrogen) atoms. The third-order valence-corrected chi connectivity index (χ3v) is 4.50. The van der Waals surface area contributed by atoms with Crippen LogP contribution in [0.5, 0.6) is 0 Å². The summed E-state index contributed by atoms with van der Waals surface area (Å²) < 4.78 is 0. The van der Waals surface area contributed by atoms with Gasteiger partial charge in [-0.3, -0.25) is 4.79 Å². The van der Waals surface area contributed by atoms with E-state index in [0.29, 0.717) is 19.4 Å². The van der Waals surface area contributed by atoms with Crippen LogP contribution in [0.4, 0.5) is 0 Å². The number of hydrogen-bond acceptors (Lipinski definition) is 3. The molecule has 0 aliphatic carbocycles. The normalized spacial score (nSPS) is 11.8. The number of aromatic nitrogens is 2. The van der Waals surface area contributed by atoms with Gasteiger partial charge < -0.3 is 16.0 Å². The molecule has 1 aromatic carbocycles. The van der Waals surface area contributed by atoms with Gasteiger partial charge in [0.15, 0.2) is 0 Å². The van der Waals surface area contributed by atoms with Crippen LogP contribution in [0.25, 0.3) is 11.0 Å². The average Bonchev–Trinajstić information content (AvgIpc) is 2.95. The van der Waals surface area contributed by atoms with Crippen LogP contribution in [0, 0.1) is 6.92 Å². The zero-order valence-electron chi connectivity index (χ0n) is 13.7. The van der Waals surface area contributed by atoms with Crippen LogP contribution in [-0.2, 0) is 11.2 Å². The number of imidazole rings is 1. The molecule has 4 N–H and O–H groups in total. The molecule has 2 aromatic rings. The number of carbonyl (C=O) groups is 1. The summed E-state index contributed by atoms with van der Waals surface area (Å²) in [5.74, 6) is 0.886. The second-order valence-electron chi connectivity index (χ2n) is 5.89. The summed E-state index contributed by atoms with van der Waals surface area (Å²) in [5.41, 5.74) is 8.69. The molecule has 0 radical (unpaired) electrons. The van der Waals surface area contributed by atoms with Gasteiger partial charge in [-0.25, -0.2) is 4.98 Å². The molecule has 0 spiro atoms. The molecule has 2 rings (SSSR count). The van der Waals surface area contributed by atoms with Crippen LogP contribution in [0.3, 0.4) is 0 Å². The highest BCUT2D eigenvalue weighted by atomic mass is 16.1. The minimum atomic E-state index is -0.276. The van der Waals surface area contributed by atoms with Crippen molar-refractivity contribution in [2.45, 2.75) is 52.0 Å². The number of amides is 1. The first-order valence-corrected chi connectivity index (χ1v) is 7.99. The van der Waals surface area contributed by atoms with Gasteiger partial charge in [0, 0.05) is 19.4 Å². The molecule has 0 aliphatic rings. The fourth-order valence-electron chi connectivity index (χ4n) is 2.70. The number of nitrogens with zero attached hydrogens (tertiary/aromatic N) is 1. The highest BCUT2D eigenvalue weighted by Crippen LogP contribution is 2.17. The predicted octanol–water partition coefficient (Wildman–Crippen LogP) is 2.44. The number of nitrogens with one attached hydrogen (secondary N) is 2. The number of para-hydroxylation sites is 1. The van der Waals surface area contributed by atoms with E-state index in [1.807, 2.05) is 25.1 Å². The minimum absolute atomic E-state index is 0.0336. The predicted molar refractivity (Wildman–Crippen MR) is 89.7 cm³/mol. The maximum absolute atomic E-state index is 12.2. The first-order chi connectivity index (χ1) is 10.5. The van der Waals surface area contributed by atoms with Crippen LogP contribution in [0.15, 0.2) is 18.2 Å². The topological polar surface area (TPSA) is 83.8 Å². The number of rotatable bonds is 7. The quantitative estimate of drug-likeness (QED) is 0.734. The molecule has 0 bridgehead atoms. The Kier molecular flexibility index (Phi) is 5.19. The van der Waals surface area contributed by atoms with E-state index in [2.05, 4.69) is 29.1 Å². The largest absolute Gasteiger partial charge is 0.349 e. The van der Waals surface area contributed by atoms with Crippen LogP contribution in [0.1, 0.15) is 44.5 Å². The molecule has 0 atom stereocenters. The van der Waals surface area contributed by atoms with Gasteiger partial charge in [0.1, 0.15) is 5.82 Å². The molecule has 1 aromatic heterocycles. The Morgan fingerprint density at radius 2 is 2.09 bits per heavy atom. The van der Waals surface area contributed by atoms with E-state index in [9.17, 15) is 4.79 Å². The summed E-state index contributed by atoms with van der Waals surface area (Å²) >= 11 is 0. The number of nitrogens with two attached hydrogens (primary N) is 1. The second kappa shape index (κ2) is 6.92. The monoisotopic (exact) mass is 302 g/mol. The first kappa shape index (κ1) is 16.5. The maximum Gasteiger partial charge on any atom is 0.220 e. The fourth-order valence-corrected chi connectivity index (χ4v) is 2.70. The number of benzene rings is 1. The third-order valence-electron chi connectivity index (χ3n) is 4.50. The lowest BCUT2D eigenvalue weighted by atomic mass is 9.92. The van der Waals surface area contributed by atoms with Crippen molar-refractivity contribution in [3.8, 4) is 0 Å². The van der Waals surface area contributed by atoms with Gasteiger partial charge in [-0.15, -0.1) is 0 Å². The number of hydrogen-bond donors (Lipinski definition) is 3. The third kappa shape index (κ3) is 3.47. The van der Waals surface area contributed by atoms with Crippen molar-refractivity contribution in [3.63, 3.8) is 0 Å². The van der Waals surface area contributed by atoms with E-state index in [0.717, 1.165) is 35.3 Å². The highest BCUT2D eigenvalue weighted by molar-refractivity contribution is 5.79. The molecule has 120 valence electrons. The smallest absolute Gasteiger partial charge is 0.220 e. The van der Waals surface area contributed by atoms with Gasteiger partial charge >= 0.3 is 0 Å². The van der Waals surface area contributed by atoms with E-state index in [-0.39, 0.29) is 11.4 Å². The number of aryl methyl sites for hydroxylation is 2. The molecule has 5 nitrogen and oxygen atoms in total. The molecule has 0 saturated heterocycles. The summed E-state index contributed by atoms with van der Waals surface area (Å²) in [6.07, 6.45) is 2.71. The van der Waals surface area contributed by atoms with Crippen LogP contribution in [-0.4, -0.2) is 28.0 Å². The van der Waals surface area contributed by atoms with Crippen molar-refractivity contribution in [1.29, 1.82) is 0 Å². The molecule has 0 unspecified atom stereocenters. The number of aromatic amines is 1. The van der Waals surface area contributed by atoms with Gasteiger partial charge in [-0.2, -0.15) is 0 Å². The van der Waals surface area contributed by atoms with Gasteiger partial charge in [-0.05, 0) is 31.4 Å². The van der Waals surface area contributed by atoms with Crippen LogP contribution in [0.2, 0.25) is 0 Å². The van der Waals surface area contributed by atoms with Crippen molar-refractivity contribution >= 4 is 16.9 Å². The lowest BCUT2D eigenvalue weighted by molar-refractivity contribution is -0.123. The van der Waals surface area contributed by atoms with Crippen molar-refractivity contribution in [2.75, 3.05) is 6.54 Å². The summed E-state index contributed by atoms with van der Waals surface area (Å²) in [7, 11) is 0. The van der Waals surface area contributed by atoms with Crippen LogP contribution < -0.4 is 11.1 Å². The zero-order chi connectivity index (χ0) is 16.2. The molecular weight excluding hydrogens is 276 g/mol. The highest BCUT2D eigenvalue weighted by Gasteiger charge is 2.26. The molecule has 0 fully saturated rings. The van der Waals surface area contributed by atoms with Gasteiger partial charge in [0.25, 0.3) is 0 Å². The standard InChI is InChI=1S/C17H26N4O/c1-4-17(5-2,11-18)21-15(22)10-9-14-19-13-8-6-7-12(3)16(13)20-14/h6-8H,4-5,9-11,18H2,1-3H3,(H,19,20)(H,21,22). The van der Waals surface area contributed by atoms with E-state index in [1.54, 1.807) is 0 Å². The van der Waals surface area contributed by atoms with Crippen molar-refractivity contribution in [1.82, 2.24) is 15.3 Å². The van der Waals surface area contributed by atoms with Gasteiger partial charge in [0.05, 0.1) is 16.6 Å². The summed E-state index contributed by atoms with van der Waals surface area (Å²) in [6.45, 7) is 6.62. The molecular formula is C17H26N4O. The summed E-state index contributed by atoms with van der Waals surface area (Å²) in [5, 5.41) is 3.09. The van der Waals surface area contributed by atoms with Crippen molar-refractivity contribution in [3.05, 3.63) is 29.6 Å².